The van der Waals surface area contributed by atoms with Crippen molar-refractivity contribution >= 4 is 23.3 Å². The molecule has 7 nitrogen and oxygen atoms in total. The molecule has 22 heavy (non-hydrogen) atoms. The van der Waals surface area contributed by atoms with Crippen molar-refractivity contribution in [1.29, 1.82) is 0 Å². The number of aryl methyl sites for hydroxylation is 1. The molecule has 1 amide bonds. The maximum absolute atomic E-state index is 12.3. The molecule has 0 aliphatic carbocycles. The molecule has 1 aliphatic heterocycles. The number of amides is 1. The lowest BCUT2D eigenvalue weighted by Gasteiger charge is -2.29. The lowest BCUT2D eigenvalue weighted by atomic mass is 10.2. The zero-order chi connectivity index (χ0) is 15.5. The van der Waals surface area contributed by atoms with Gasteiger partial charge in [0.15, 0.2) is 0 Å². The Morgan fingerprint density at radius 2 is 2.36 bits per heavy atom. The number of likely N-dealkylation sites (N-methyl/N-ethyl adjacent to an activating group) is 1. The fraction of sp³-hybridized carbons (Fsp3) is 0.500. The number of carbonyl (C=O) groups is 1. The summed E-state index contributed by atoms with van der Waals surface area (Å²) in [4.78, 5) is 25.4. The largest absolute Gasteiger partial charge is 0.352 e. The third-order valence-corrected chi connectivity index (χ3v) is 4.52. The summed E-state index contributed by atoms with van der Waals surface area (Å²) in [6.07, 6.45) is 5.28. The van der Waals surface area contributed by atoms with Gasteiger partial charge in [0.2, 0.25) is 0 Å². The first-order chi connectivity index (χ1) is 10.6. The Labute approximate surface area is 133 Å². The third-order valence-electron chi connectivity index (χ3n) is 3.86. The van der Waals surface area contributed by atoms with Crippen LogP contribution >= 0.6 is 11.5 Å². The van der Waals surface area contributed by atoms with E-state index in [1.54, 1.807) is 11.2 Å². The second-order valence-corrected chi connectivity index (χ2v) is 6.26. The molecule has 8 heteroatoms. The number of nitrogens with zero attached hydrogens (tertiary/aromatic N) is 6. The molecule has 0 radical (unpaired) electrons. The van der Waals surface area contributed by atoms with Crippen LogP contribution in [0, 0.1) is 6.92 Å². The van der Waals surface area contributed by atoms with Crippen LogP contribution in [0.4, 0.5) is 5.82 Å². The molecule has 1 fully saturated rings. The van der Waals surface area contributed by atoms with Gasteiger partial charge in [0.25, 0.3) is 5.91 Å². The Hall–Kier alpha value is -2.09. The Morgan fingerprint density at radius 1 is 1.50 bits per heavy atom. The summed E-state index contributed by atoms with van der Waals surface area (Å²) < 4.78 is 3.75. The van der Waals surface area contributed by atoms with Gasteiger partial charge in [0.1, 0.15) is 17.0 Å². The highest BCUT2D eigenvalue weighted by molar-refractivity contribution is 7.07. The molecule has 0 aromatic carbocycles. The van der Waals surface area contributed by atoms with Gasteiger partial charge in [-0.1, -0.05) is 4.49 Å². The first-order valence-electron chi connectivity index (χ1n) is 7.23. The van der Waals surface area contributed by atoms with E-state index in [4.69, 9.17) is 0 Å². The van der Waals surface area contributed by atoms with Crippen molar-refractivity contribution in [2.75, 3.05) is 25.0 Å². The molecule has 0 bridgehead atoms. The zero-order valence-electron chi connectivity index (χ0n) is 12.6. The van der Waals surface area contributed by atoms with Crippen LogP contribution < -0.4 is 4.90 Å². The van der Waals surface area contributed by atoms with E-state index in [1.165, 1.54) is 6.20 Å². The molecule has 1 atom stereocenters. The van der Waals surface area contributed by atoms with Crippen LogP contribution in [0.3, 0.4) is 0 Å². The van der Waals surface area contributed by atoms with Gasteiger partial charge in [0.05, 0.1) is 6.20 Å². The van der Waals surface area contributed by atoms with Gasteiger partial charge in [0, 0.05) is 37.9 Å². The van der Waals surface area contributed by atoms with E-state index in [2.05, 4.69) is 24.5 Å². The Kier molecular flexibility index (Phi) is 4.28. The van der Waals surface area contributed by atoms with Gasteiger partial charge in [-0.3, -0.25) is 4.79 Å². The fourth-order valence-corrected chi connectivity index (χ4v) is 3.28. The minimum absolute atomic E-state index is 0.0271. The predicted octanol–water partition coefficient (Wildman–Crippen LogP) is 1.38. The first-order valence-corrected chi connectivity index (χ1v) is 8.00. The monoisotopic (exact) mass is 318 g/mol. The molecule has 0 N–H and O–H groups in total. The molecule has 1 saturated heterocycles. The summed E-state index contributed by atoms with van der Waals surface area (Å²) in [6, 6.07) is 2.27. The van der Waals surface area contributed by atoms with E-state index in [-0.39, 0.29) is 11.9 Å². The van der Waals surface area contributed by atoms with Gasteiger partial charge in [-0.05, 0) is 31.3 Å². The van der Waals surface area contributed by atoms with Crippen molar-refractivity contribution < 1.29 is 4.79 Å². The van der Waals surface area contributed by atoms with Crippen molar-refractivity contribution in [3.8, 4) is 0 Å². The van der Waals surface area contributed by atoms with Crippen LogP contribution in [0.15, 0.2) is 18.6 Å². The van der Waals surface area contributed by atoms with Crippen LogP contribution in [0.25, 0.3) is 0 Å². The van der Waals surface area contributed by atoms with Gasteiger partial charge in [-0.2, -0.15) is 0 Å². The summed E-state index contributed by atoms with van der Waals surface area (Å²) in [6.45, 7) is 3.59. The maximum Gasteiger partial charge on any atom is 0.267 e. The SMILES string of the molecule is Cc1cc(N2CCCC2CN(C)C(=O)c2cnns2)ncn1. The Balaban J connectivity index is 1.70. The smallest absolute Gasteiger partial charge is 0.267 e. The van der Waals surface area contributed by atoms with Crippen molar-refractivity contribution in [3.05, 3.63) is 29.2 Å². The maximum atomic E-state index is 12.3. The molecule has 116 valence electrons. The van der Waals surface area contributed by atoms with E-state index in [0.717, 1.165) is 42.4 Å². The fourth-order valence-electron chi connectivity index (χ4n) is 2.77. The summed E-state index contributed by atoms with van der Waals surface area (Å²) in [7, 11) is 1.82. The highest BCUT2D eigenvalue weighted by atomic mass is 32.1. The second-order valence-electron chi connectivity index (χ2n) is 5.47. The lowest BCUT2D eigenvalue weighted by Crippen LogP contribution is -2.41. The predicted molar refractivity (Wildman–Crippen MR) is 84.0 cm³/mol. The number of hydrogen-bond acceptors (Lipinski definition) is 7. The quantitative estimate of drug-likeness (QED) is 0.848. The van der Waals surface area contributed by atoms with Crippen LogP contribution in [0.2, 0.25) is 0 Å². The van der Waals surface area contributed by atoms with E-state index in [1.807, 2.05) is 20.0 Å². The minimum Gasteiger partial charge on any atom is -0.352 e. The zero-order valence-corrected chi connectivity index (χ0v) is 13.5. The van der Waals surface area contributed by atoms with Crippen molar-refractivity contribution in [2.45, 2.75) is 25.8 Å². The molecule has 0 spiro atoms. The average molecular weight is 318 g/mol. The van der Waals surface area contributed by atoms with Gasteiger partial charge in [-0.15, -0.1) is 5.10 Å². The van der Waals surface area contributed by atoms with Crippen molar-refractivity contribution in [3.63, 3.8) is 0 Å². The summed E-state index contributed by atoms with van der Waals surface area (Å²) >= 11 is 1.13. The lowest BCUT2D eigenvalue weighted by molar-refractivity contribution is 0.0791. The molecule has 2 aromatic heterocycles. The topological polar surface area (TPSA) is 75.1 Å². The van der Waals surface area contributed by atoms with Gasteiger partial charge >= 0.3 is 0 Å². The molecular formula is C14H18N6OS. The molecule has 1 aliphatic rings. The third kappa shape index (κ3) is 3.06. The molecule has 2 aromatic rings. The van der Waals surface area contributed by atoms with Gasteiger partial charge < -0.3 is 9.80 Å². The highest BCUT2D eigenvalue weighted by Crippen LogP contribution is 2.24. The second kappa shape index (κ2) is 6.35. The molecule has 3 heterocycles. The van der Waals surface area contributed by atoms with Crippen LogP contribution in [0.1, 0.15) is 28.2 Å². The highest BCUT2D eigenvalue weighted by Gasteiger charge is 2.28. The summed E-state index contributed by atoms with van der Waals surface area (Å²) in [5, 5.41) is 3.72. The standard InChI is InChI=1S/C14H18N6OS/c1-10-6-13(16-9-15-10)20-5-3-4-11(20)8-19(2)14(21)12-7-17-18-22-12/h6-7,9,11H,3-5,8H2,1-2H3. The molecular weight excluding hydrogens is 300 g/mol. The Bertz CT molecular complexity index is 647. The first kappa shape index (κ1) is 14.8. The van der Waals surface area contributed by atoms with Crippen molar-refractivity contribution in [2.24, 2.45) is 0 Å². The van der Waals surface area contributed by atoms with Crippen LogP contribution in [0.5, 0.6) is 0 Å². The number of carbonyl (C=O) groups excluding carboxylic acids is 1. The summed E-state index contributed by atoms with van der Waals surface area (Å²) in [5.74, 6) is 0.913. The van der Waals surface area contributed by atoms with E-state index in [0.29, 0.717) is 11.4 Å². The van der Waals surface area contributed by atoms with Crippen molar-refractivity contribution in [1.82, 2.24) is 24.5 Å². The van der Waals surface area contributed by atoms with Gasteiger partial charge in [-0.25, -0.2) is 9.97 Å². The number of anilines is 1. The average Bonchev–Trinajstić information content (AvgIpc) is 3.18. The number of hydrogen-bond donors (Lipinski definition) is 0. The van der Waals surface area contributed by atoms with Crippen LogP contribution in [-0.2, 0) is 0 Å². The van der Waals surface area contributed by atoms with Crippen LogP contribution in [-0.4, -0.2) is 56.5 Å². The summed E-state index contributed by atoms with van der Waals surface area (Å²) in [5.41, 5.74) is 0.954. The Morgan fingerprint density at radius 3 is 3.09 bits per heavy atom. The van der Waals surface area contributed by atoms with E-state index in [9.17, 15) is 4.79 Å². The normalized spacial score (nSPS) is 17.7. The molecule has 3 rings (SSSR count). The number of rotatable bonds is 4. The molecule has 1 unspecified atom stereocenters. The molecule has 0 saturated carbocycles. The minimum atomic E-state index is -0.0271. The van der Waals surface area contributed by atoms with E-state index >= 15 is 0 Å². The van der Waals surface area contributed by atoms with E-state index < -0.39 is 0 Å². The number of aromatic nitrogens is 4.